The predicted molar refractivity (Wildman–Crippen MR) is 165 cm³/mol. The van der Waals surface area contributed by atoms with Crippen molar-refractivity contribution >= 4 is 16.9 Å². The molecule has 0 radical (unpaired) electrons. The Morgan fingerprint density at radius 3 is 2.27 bits per heavy atom. The van der Waals surface area contributed by atoms with Crippen molar-refractivity contribution in [3.8, 4) is 5.69 Å². The number of imidazole rings is 1. The van der Waals surface area contributed by atoms with E-state index in [2.05, 4.69) is 96.7 Å². The normalized spacial score (nSPS) is 18.8. The van der Waals surface area contributed by atoms with Crippen molar-refractivity contribution in [2.45, 2.75) is 78.5 Å². The van der Waals surface area contributed by atoms with Gasteiger partial charge in [-0.15, -0.1) is 0 Å². The lowest BCUT2D eigenvalue weighted by atomic mass is 9.95. The molecule has 0 bridgehead atoms. The number of benzene rings is 3. The molecule has 1 aromatic heterocycles. The lowest BCUT2D eigenvalue weighted by Crippen LogP contribution is -2.40. The van der Waals surface area contributed by atoms with E-state index in [1.165, 1.54) is 16.7 Å². The zero-order valence-electron chi connectivity index (χ0n) is 24.9. The Labute approximate surface area is 243 Å². The summed E-state index contributed by atoms with van der Waals surface area (Å²) in [6.07, 6.45) is 4.47. The number of carbonyl (C=O) groups excluding carboxylic acids is 1. The molecule has 0 aliphatic carbocycles. The summed E-state index contributed by atoms with van der Waals surface area (Å²) in [5.41, 5.74) is 9.66. The summed E-state index contributed by atoms with van der Waals surface area (Å²) in [6, 6.07) is 19.4. The summed E-state index contributed by atoms with van der Waals surface area (Å²) in [4.78, 5) is 24.0. The highest BCUT2D eigenvalue weighted by Crippen LogP contribution is 2.36. The number of amides is 1. The molecule has 2 fully saturated rings. The Hall–Kier alpha value is -3.48. The Morgan fingerprint density at radius 2 is 1.56 bits per heavy atom. The monoisotopic (exact) mass is 550 g/mol. The van der Waals surface area contributed by atoms with Gasteiger partial charge in [0.15, 0.2) is 0 Å². The number of nitrogens with zero attached hydrogens (tertiary/aromatic N) is 4. The zero-order chi connectivity index (χ0) is 28.7. The number of carbonyl (C=O) groups is 1. The Balaban J connectivity index is 1.42. The van der Waals surface area contributed by atoms with Gasteiger partial charge in [-0.2, -0.15) is 0 Å². The Morgan fingerprint density at radius 1 is 0.854 bits per heavy atom. The van der Waals surface area contributed by atoms with Gasteiger partial charge >= 0.3 is 0 Å². The van der Waals surface area contributed by atoms with E-state index < -0.39 is 0 Å². The molecule has 4 aromatic rings. The number of aliphatic hydroxyl groups excluding tert-OH is 1. The quantitative estimate of drug-likeness (QED) is 0.305. The number of piperidine rings is 2. The SMILES string of the molecule is Cc1ccc(-n2c(C3CCCCN3C(=O)c3c(C)cc(C)cc3C)nc3cc(CN4CCC(O)CC4)ccc32)cc1. The maximum atomic E-state index is 14.2. The lowest BCUT2D eigenvalue weighted by molar-refractivity contribution is 0.0597. The fourth-order valence-corrected chi connectivity index (χ4v) is 6.87. The highest BCUT2D eigenvalue weighted by Gasteiger charge is 2.34. The third-order valence-electron chi connectivity index (χ3n) is 8.95. The van der Waals surface area contributed by atoms with Gasteiger partial charge in [-0.1, -0.05) is 41.5 Å². The summed E-state index contributed by atoms with van der Waals surface area (Å²) in [6.45, 7) is 11.7. The van der Waals surface area contributed by atoms with E-state index in [4.69, 9.17) is 4.98 Å². The molecule has 6 nitrogen and oxygen atoms in total. The minimum atomic E-state index is -0.171. The second-order valence-corrected chi connectivity index (χ2v) is 12.3. The number of hydrogen-bond donors (Lipinski definition) is 1. The number of aromatic nitrogens is 2. The molecule has 6 heteroatoms. The lowest BCUT2D eigenvalue weighted by Gasteiger charge is -2.36. The highest BCUT2D eigenvalue weighted by molar-refractivity contribution is 5.97. The van der Waals surface area contributed by atoms with Gasteiger partial charge in [0.2, 0.25) is 0 Å². The van der Waals surface area contributed by atoms with Crippen LogP contribution >= 0.6 is 0 Å². The van der Waals surface area contributed by atoms with Gasteiger partial charge in [-0.25, -0.2) is 4.98 Å². The van der Waals surface area contributed by atoms with E-state index in [0.29, 0.717) is 0 Å². The molecule has 6 rings (SSSR count). The standard InChI is InChI=1S/C35H42N4O2/c1-23-8-11-28(12-9-23)39-31-13-10-27(22-37-17-14-29(40)15-18-37)21-30(31)36-34(39)32-7-5-6-16-38(32)35(41)33-25(3)19-24(2)20-26(33)4/h8-13,19-21,29,32,40H,5-7,14-18,22H2,1-4H3. The number of likely N-dealkylation sites (tertiary alicyclic amines) is 2. The molecule has 2 aliphatic heterocycles. The van der Waals surface area contributed by atoms with E-state index in [9.17, 15) is 9.90 Å². The average Bonchev–Trinajstić information content (AvgIpc) is 3.33. The first kappa shape index (κ1) is 27.7. The van der Waals surface area contributed by atoms with Crippen LogP contribution in [0.1, 0.15) is 82.1 Å². The molecule has 1 atom stereocenters. The van der Waals surface area contributed by atoms with Crippen molar-refractivity contribution in [3.05, 3.63) is 93.8 Å². The third-order valence-corrected chi connectivity index (χ3v) is 8.95. The van der Waals surface area contributed by atoms with Gasteiger partial charge in [0.25, 0.3) is 5.91 Å². The molecule has 1 N–H and O–H groups in total. The third kappa shape index (κ3) is 5.55. The van der Waals surface area contributed by atoms with Crippen LogP contribution in [0.5, 0.6) is 0 Å². The van der Waals surface area contributed by atoms with Crippen molar-refractivity contribution in [1.82, 2.24) is 19.4 Å². The topological polar surface area (TPSA) is 61.6 Å². The minimum absolute atomic E-state index is 0.0999. The molecule has 41 heavy (non-hydrogen) atoms. The summed E-state index contributed by atoms with van der Waals surface area (Å²) in [7, 11) is 0. The number of aryl methyl sites for hydroxylation is 4. The van der Waals surface area contributed by atoms with Crippen molar-refractivity contribution < 1.29 is 9.90 Å². The maximum absolute atomic E-state index is 14.2. The van der Waals surface area contributed by atoms with Crippen molar-refractivity contribution in [2.75, 3.05) is 19.6 Å². The second-order valence-electron chi connectivity index (χ2n) is 12.3. The molecular formula is C35H42N4O2. The van der Waals surface area contributed by atoms with Crippen LogP contribution in [-0.4, -0.2) is 56.1 Å². The van der Waals surface area contributed by atoms with Crippen LogP contribution in [-0.2, 0) is 6.54 Å². The molecule has 2 aliphatic rings. The van der Waals surface area contributed by atoms with Crippen LogP contribution in [0.25, 0.3) is 16.7 Å². The first-order valence-electron chi connectivity index (χ1n) is 15.2. The van der Waals surface area contributed by atoms with Gasteiger partial charge < -0.3 is 10.0 Å². The summed E-state index contributed by atoms with van der Waals surface area (Å²) >= 11 is 0. The molecule has 3 aromatic carbocycles. The molecule has 1 amide bonds. The summed E-state index contributed by atoms with van der Waals surface area (Å²) in [5.74, 6) is 1.05. The molecule has 2 saturated heterocycles. The second kappa shape index (κ2) is 11.4. The first-order valence-corrected chi connectivity index (χ1v) is 15.2. The highest BCUT2D eigenvalue weighted by atomic mass is 16.3. The molecule has 0 saturated carbocycles. The van der Waals surface area contributed by atoms with Crippen LogP contribution in [0.3, 0.4) is 0 Å². The molecule has 214 valence electrons. The van der Waals surface area contributed by atoms with E-state index in [-0.39, 0.29) is 18.1 Å². The van der Waals surface area contributed by atoms with Crippen LogP contribution in [0, 0.1) is 27.7 Å². The van der Waals surface area contributed by atoms with Crippen molar-refractivity contribution in [2.24, 2.45) is 0 Å². The smallest absolute Gasteiger partial charge is 0.255 e. The molecule has 1 unspecified atom stereocenters. The molecular weight excluding hydrogens is 508 g/mol. The maximum Gasteiger partial charge on any atom is 0.255 e. The van der Waals surface area contributed by atoms with Crippen molar-refractivity contribution in [3.63, 3.8) is 0 Å². The number of rotatable bonds is 5. The van der Waals surface area contributed by atoms with E-state index in [1.54, 1.807) is 0 Å². The number of aliphatic hydroxyl groups is 1. The van der Waals surface area contributed by atoms with Crippen molar-refractivity contribution in [1.29, 1.82) is 0 Å². The van der Waals surface area contributed by atoms with Gasteiger partial charge in [0, 0.05) is 37.4 Å². The van der Waals surface area contributed by atoms with Crippen LogP contribution in [0.15, 0.2) is 54.6 Å². The predicted octanol–water partition coefficient (Wildman–Crippen LogP) is 6.58. The molecule has 3 heterocycles. The zero-order valence-corrected chi connectivity index (χ0v) is 24.9. The van der Waals surface area contributed by atoms with E-state index >= 15 is 0 Å². The van der Waals surface area contributed by atoms with Gasteiger partial charge in [-0.05, 0) is 101 Å². The van der Waals surface area contributed by atoms with E-state index in [0.717, 1.165) is 97.5 Å². The fourth-order valence-electron chi connectivity index (χ4n) is 6.87. The first-order chi connectivity index (χ1) is 19.8. The van der Waals surface area contributed by atoms with Crippen LogP contribution < -0.4 is 0 Å². The summed E-state index contributed by atoms with van der Waals surface area (Å²) in [5, 5.41) is 9.93. The van der Waals surface area contributed by atoms with Crippen LogP contribution in [0.2, 0.25) is 0 Å². The molecule has 0 spiro atoms. The Bertz CT molecular complexity index is 1540. The van der Waals surface area contributed by atoms with Gasteiger partial charge in [0.05, 0.1) is 23.2 Å². The van der Waals surface area contributed by atoms with Gasteiger partial charge in [0.1, 0.15) is 5.82 Å². The van der Waals surface area contributed by atoms with Gasteiger partial charge in [-0.3, -0.25) is 14.3 Å². The number of fused-ring (bicyclic) bond motifs is 1. The average molecular weight is 551 g/mol. The number of hydrogen-bond acceptors (Lipinski definition) is 4. The fraction of sp³-hybridized carbons (Fsp3) is 0.429. The van der Waals surface area contributed by atoms with E-state index in [1.807, 2.05) is 0 Å². The Kier molecular flexibility index (Phi) is 7.71. The summed E-state index contributed by atoms with van der Waals surface area (Å²) < 4.78 is 2.28. The van der Waals surface area contributed by atoms with Crippen LogP contribution in [0.4, 0.5) is 0 Å². The largest absolute Gasteiger partial charge is 0.393 e. The minimum Gasteiger partial charge on any atom is -0.393 e.